The van der Waals surface area contributed by atoms with Crippen molar-refractivity contribution in [2.75, 3.05) is 0 Å². The van der Waals surface area contributed by atoms with Crippen molar-refractivity contribution in [2.45, 2.75) is 19.9 Å². The molecule has 0 spiro atoms. The van der Waals surface area contributed by atoms with Crippen LogP contribution in [0.1, 0.15) is 34.8 Å². The zero-order valence-corrected chi connectivity index (χ0v) is 12.4. The number of nitrogens with one attached hydrogen (secondary N) is 1. The number of benzene rings is 1. The largest absolute Gasteiger partial charge is 0.344 e. The van der Waals surface area contributed by atoms with Gasteiger partial charge in [0.25, 0.3) is 5.91 Å². The number of rotatable bonds is 3. The van der Waals surface area contributed by atoms with E-state index < -0.39 is 0 Å². The molecule has 0 saturated heterocycles. The van der Waals surface area contributed by atoms with E-state index in [0.717, 1.165) is 16.5 Å². The number of para-hydroxylation sites is 1. The van der Waals surface area contributed by atoms with Gasteiger partial charge in [-0.3, -0.25) is 9.78 Å². The first-order valence-electron chi connectivity index (χ1n) is 7.09. The maximum atomic E-state index is 12.6. The molecule has 3 aromatic rings. The second-order valence-electron chi connectivity index (χ2n) is 5.11. The lowest BCUT2D eigenvalue weighted by Gasteiger charge is -2.14. The Morgan fingerprint density at radius 1 is 1.09 bits per heavy atom. The molecule has 0 aliphatic heterocycles. The maximum absolute atomic E-state index is 12.6. The van der Waals surface area contributed by atoms with E-state index in [2.05, 4.69) is 20.3 Å². The van der Waals surface area contributed by atoms with Gasteiger partial charge >= 0.3 is 0 Å². The molecule has 3 rings (SSSR count). The number of aromatic nitrogens is 3. The number of aryl methyl sites for hydroxylation is 1. The molecule has 0 saturated carbocycles. The summed E-state index contributed by atoms with van der Waals surface area (Å²) in [7, 11) is 0. The monoisotopic (exact) mass is 292 g/mol. The fourth-order valence-electron chi connectivity index (χ4n) is 2.37. The normalized spacial score (nSPS) is 12.1. The predicted molar refractivity (Wildman–Crippen MR) is 84.4 cm³/mol. The topological polar surface area (TPSA) is 67.8 Å². The summed E-state index contributed by atoms with van der Waals surface area (Å²) in [6, 6.07) is 11.2. The van der Waals surface area contributed by atoms with Crippen LogP contribution in [-0.4, -0.2) is 20.9 Å². The van der Waals surface area contributed by atoms with Crippen LogP contribution in [0.4, 0.5) is 0 Å². The van der Waals surface area contributed by atoms with Gasteiger partial charge in [-0.05, 0) is 37.6 Å². The van der Waals surface area contributed by atoms with Crippen molar-refractivity contribution in [3.63, 3.8) is 0 Å². The van der Waals surface area contributed by atoms with Gasteiger partial charge in [-0.1, -0.05) is 18.2 Å². The lowest BCUT2D eigenvalue weighted by molar-refractivity contribution is 0.0936. The van der Waals surface area contributed by atoms with E-state index in [-0.39, 0.29) is 11.9 Å². The first kappa shape index (κ1) is 14.1. The maximum Gasteiger partial charge on any atom is 0.271 e. The van der Waals surface area contributed by atoms with Crippen LogP contribution in [0, 0.1) is 6.92 Å². The third-order valence-corrected chi connectivity index (χ3v) is 3.48. The Morgan fingerprint density at radius 3 is 2.59 bits per heavy atom. The minimum absolute atomic E-state index is 0.121. The number of amides is 1. The molecule has 5 nitrogen and oxygen atoms in total. The molecule has 0 aliphatic carbocycles. The van der Waals surface area contributed by atoms with Crippen molar-refractivity contribution in [3.8, 4) is 0 Å². The number of nitrogens with zero attached hydrogens (tertiary/aromatic N) is 3. The average Bonchev–Trinajstić information content (AvgIpc) is 2.54. The van der Waals surface area contributed by atoms with Gasteiger partial charge in [0.05, 0.1) is 11.6 Å². The van der Waals surface area contributed by atoms with Crippen LogP contribution in [0.2, 0.25) is 0 Å². The summed E-state index contributed by atoms with van der Waals surface area (Å²) in [4.78, 5) is 25.2. The van der Waals surface area contributed by atoms with Crippen molar-refractivity contribution in [1.29, 1.82) is 0 Å². The summed E-state index contributed by atoms with van der Waals surface area (Å²) in [5.74, 6) is 0.381. The summed E-state index contributed by atoms with van der Waals surface area (Å²) < 4.78 is 0. The van der Waals surface area contributed by atoms with E-state index in [4.69, 9.17) is 0 Å². The highest BCUT2D eigenvalue weighted by Gasteiger charge is 2.16. The van der Waals surface area contributed by atoms with Crippen LogP contribution < -0.4 is 5.32 Å². The molecular formula is C17H16N4O. The highest BCUT2D eigenvalue weighted by Crippen LogP contribution is 2.17. The van der Waals surface area contributed by atoms with Crippen molar-refractivity contribution in [1.82, 2.24) is 20.3 Å². The van der Waals surface area contributed by atoms with Crippen molar-refractivity contribution in [3.05, 3.63) is 65.9 Å². The number of fused-ring (bicyclic) bond motifs is 1. The summed E-state index contributed by atoms with van der Waals surface area (Å²) in [5, 5.41) is 3.73. The zero-order valence-electron chi connectivity index (χ0n) is 12.4. The summed E-state index contributed by atoms with van der Waals surface area (Å²) >= 11 is 0. The SMILES string of the molecule is Cc1nc(C(=O)NC(C)c2ccncc2)c2ccccc2n1. The molecule has 0 radical (unpaired) electrons. The van der Waals surface area contributed by atoms with Gasteiger partial charge < -0.3 is 5.32 Å². The Hall–Kier alpha value is -2.82. The number of carbonyl (C=O) groups excluding carboxylic acids is 1. The smallest absolute Gasteiger partial charge is 0.271 e. The van der Waals surface area contributed by atoms with Gasteiger partial charge in [-0.25, -0.2) is 9.97 Å². The first-order chi connectivity index (χ1) is 10.6. The third kappa shape index (κ3) is 2.79. The van der Waals surface area contributed by atoms with Gasteiger partial charge in [0.1, 0.15) is 11.5 Å². The molecule has 0 bridgehead atoms. The molecule has 110 valence electrons. The Bertz CT molecular complexity index is 817. The van der Waals surface area contributed by atoms with Gasteiger partial charge in [-0.2, -0.15) is 0 Å². The molecule has 0 fully saturated rings. The van der Waals surface area contributed by atoms with Crippen LogP contribution >= 0.6 is 0 Å². The van der Waals surface area contributed by atoms with E-state index in [0.29, 0.717) is 11.5 Å². The summed E-state index contributed by atoms with van der Waals surface area (Å²) in [5.41, 5.74) is 2.18. The van der Waals surface area contributed by atoms with Gasteiger partial charge in [0.2, 0.25) is 0 Å². The Labute approximate surface area is 128 Å². The van der Waals surface area contributed by atoms with Gasteiger partial charge in [-0.15, -0.1) is 0 Å². The molecule has 1 N–H and O–H groups in total. The van der Waals surface area contributed by atoms with Crippen LogP contribution in [-0.2, 0) is 0 Å². The third-order valence-electron chi connectivity index (χ3n) is 3.48. The number of carbonyl (C=O) groups is 1. The Morgan fingerprint density at radius 2 is 1.82 bits per heavy atom. The number of hydrogen-bond acceptors (Lipinski definition) is 4. The summed E-state index contributed by atoms with van der Waals surface area (Å²) in [6.45, 7) is 3.72. The van der Waals surface area contributed by atoms with E-state index in [1.807, 2.05) is 43.3 Å². The average molecular weight is 292 g/mol. The minimum atomic E-state index is -0.203. The fourth-order valence-corrected chi connectivity index (χ4v) is 2.37. The van der Waals surface area contributed by atoms with E-state index in [9.17, 15) is 4.79 Å². The number of hydrogen-bond donors (Lipinski definition) is 1. The molecular weight excluding hydrogens is 276 g/mol. The molecule has 1 aromatic carbocycles. The molecule has 22 heavy (non-hydrogen) atoms. The van der Waals surface area contributed by atoms with Crippen LogP contribution in [0.25, 0.3) is 10.9 Å². The van der Waals surface area contributed by atoms with Gasteiger partial charge in [0.15, 0.2) is 0 Å². The minimum Gasteiger partial charge on any atom is -0.344 e. The molecule has 1 amide bonds. The highest BCUT2D eigenvalue weighted by molar-refractivity contribution is 6.04. The molecule has 2 aromatic heterocycles. The van der Waals surface area contributed by atoms with Crippen molar-refractivity contribution in [2.24, 2.45) is 0 Å². The molecule has 2 heterocycles. The lowest BCUT2D eigenvalue weighted by atomic mass is 10.1. The Kier molecular flexibility index (Phi) is 3.78. The van der Waals surface area contributed by atoms with Crippen LogP contribution in [0.15, 0.2) is 48.8 Å². The van der Waals surface area contributed by atoms with E-state index in [1.54, 1.807) is 19.3 Å². The quantitative estimate of drug-likeness (QED) is 0.806. The Balaban J connectivity index is 1.93. The standard InChI is InChI=1S/C17H16N4O/c1-11(13-7-9-18-10-8-13)19-17(22)16-14-5-3-4-6-15(14)20-12(2)21-16/h3-11H,1-2H3,(H,19,22). The first-order valence-corrected chi connectivity index (χ1v) is 7.09. The zero-order chi connectivity index (χ0) is 15.5. The molecule has 5 heteroatoms. The van der Waals surface area contributed by atoms with Crippen LogP contribution in [0.3, 0.4) is 0 Å². The van der Waals surface area contributed by atoms with Gasteiger partial charge in [0, 0.05) is 17.8 Å². The second-order valence-corrected chi connectivity index (χ2v) is 5.11. The second kappa shape index (κ2) is 5.89. The lowest BCUT2D eigenvalue weighted by Crippen LogP contribution is -2.28. The van der Waals surface area contributed by atoms with Crippen molar-refractivity contribution >= 4 is 16.8 Å². The molecule has 1 atom stereocenters. The molecule has 1 unspecified atom stereocenters. The fraction of sp³-hybridized carbons (Fsp3) is 0.176. The molecule has 0 aliphatic rings. The van der Waals surface area contributed by atoms with Crippen LogP contribution in [0.5, 0.6) is 0 Å². The predicted octanol–water partition coefficient (Wildman–Crippen LogP) is 2.82. The van der Waals surface area contributed by atoms with E-state index in [1.165, 1.54) is 0 Å². The summed E-state index contributed by atoms with van der Waals surface area (Å²) in [6.07, 6.45) is 3.42. The van der Waals surface area contributed by atoms with E-state index >= 15 is 0 Å². The van der Waals surface area contributed by atoms with Crippen molar-refractivity contribution < 1.29 is 4.79 Å². The highest BCUT2D eigenvalue weighted by atomic mass is 16.1. The number of pyridine rings is 1.